The van der Waals surface area contributed by atoms with Crippen molar-refractivity contribution < 1.29 is 9.18 Å². The van der Waals surface area contributed by atoms with Crippen LogP contribution < -0.4 is 15.5 Å². The lowest BCUT2D eigenvalue weighted by Gasteiger charge is -2.36. The topological polar surface area (TPSA) is 86.3 Å². The fraction of sp³-hybridized carbons (Fsp3) is 0.417. The van der Waals surface area contributed by atoms with Crippen LogP contribution in [0.3, 0.4) is 0 Å². The van der Waals surface area contributed by atoms with Gasteiger partial charge in [0.25, 0.3) is 5.91 Å². The van der Waals surface area contributed by atoms with Crippen LogP contribution in [0.5, 0.6) is 0 Å². The van der Waals surface area contributed by atoms with Crippen molar-refractivity contribution in [2.45, 2.75) is 19.3 Å². The predicted octanol–water partition coefficient (Wildman–Crippen LogP) is 3.34. The van der Waals surface area contributed by atoms with Crippen molar-refractivity contribution in [3.8, 4) is 0 Å². The molecule has 0 aromatic carbocycles. The van der Waals surface area contributed by atoms with E-state index in [4.69, 9.17) is 0 Å². The molecule has 1 saturated carbocycles. The molecule has 2 aromatic rings. The summed E-state index contributed by atoms with van der Waals surface area (Å²) in [7, 11) is 0. The number of carbonyl (C=O) groups is 1. The van der Waals surface area contributed by atoms with Gasteiger partial charge in [-0.2, -0.15) is 4.39 Å². The number of rotatable bonds is 10. The molecule has 0 spiro atoms. The van der Waals surface area contributed by atoms with Gasteiger partial charge in [-0.3, -0.25) is 9.69 Å². The molecule has 0 bridgehead atoms. The van der Waals surface area contributed by atoms with Gasteiger partial charge >= 0.3 is 0 Å². The number of pyridine rings is 1. The van der Waals surface area contributed by atoms with E-state index in [1.165, 1.54) is 12.3 Å². The molecule has 2 aromatic heterocycles. The Kier molecular flexibility index (Phi) is 6.98. The van der Waals surface area contributed by atoms with Crippen molar-refractivity contribution in [1.29, 1.82) is 0 Å². The van der Waals surface area contributed by atoms with Crippen molar-refractivity contribution in [3.05, 3.63) is 61.5 Å². The van der Waals surface area contributed by atoms with E-state index in [0.29, 0.717) is 30.4 Å². The molecule has 2 N–H and O–H groups in total. The summed E-state index contributed by atoms with van der Waals surface area (Å²) in [5, 5.41) is 6.09. The second-order valence-electron chi connectivity index (χ2n) is 8.67. The third-order valence-electron chi connectivity index (χ3n) is 6.24. The number of hydrogen-bond acceptors (Lipinski definition) is 7. The zero-order chi connectivity index (χ0) is 23.3. The van der Waals surface area contributed by atoms with E-state index in [0.717, 1.165) is 45.4 Å². The van der Waals surface area contributed by atoms with Gasteiger partial charge in [0.2, 0.25) is 11.9 Å². The first-order chi connectivity index (χ1) is 16.0. The van der Waals surface area contributed by atoms with E-state index in [1.807, 2.05) is 12.2 Å². The molecule has 174 valence electrons. The van der Waals surface area contributed by atoms with E-state index in [-0.39, 0.29) is 11.1 Å². The second kappa shape index (κ2) is 10.1. The first kappa shape index (κ1) is 22.8. The smallest absolute Gasteiger partial charge is 0.274 e. The summed E-state index contributed by atoms with van der Waals surface area (Å²) in [4.78, 5) is 29.6. The highest BCUT2D eigenvalue weighted by atomic mass is 19.1. The van der Waals surface area contributed by atoms with Gasteiger partial charge in [0.15, 0.2) is 0 Å². The molecule has 3 heterocycles. The highest BCUT2D eigenvalue weighted by Gasteiger charge is 2.41. The van der Waals surface area contributed by atoms with E-state index in [2.05, 4.69) is 48.5 Å². The predicted molar refractivity (Wildman–Crippen MR) is 128 cm³/mol. The third-order valence-corrected chi connectivity index (χ3v) is 6.24. The fourth-order valence-corrected chi connectivity index (χ4v) is 4.09. The maximum atomic E-state index is 13.9. The Labute approximate surface area is 193 Å². The molecule has 2 aliphatic rings. The number of nitrogens with zero attached hydrogens (tertiary/aromatic N) is 5. The fourth-order valence-electron chi connectivity index (χ4n) is 4.09. The number of aromatic nitrogens is 3. The Balaban J connectivity index is 1.43. The van der Waals surface area contributed by atoms with Crippen LogP contribution in [0.2, 0.25) is 0 Å². The molecule has 0 atom stereocenters. The van der Waals surface area contributed by atoms with Crippen LogP contribution in [0.4, 0.5) is 21.7 Å². The van der Waals surface area contributed by atoms with Crippen LogP contribution in [0.25, 0.3) is 0 Å². The van der Waals surface area contributed by atoms with E-state index >= 15 is 0 Å². The molecule has 8 nitrogen and oxygen atoms in total. The molecule has 9 heteroatoms. The van der Waals surface area contributed by atoms with E-state index in [1.54, 1.807) is 12.3 Å². The maximum absolute atomic E-state index is 13.9. The Bertz CT molecular complexity index is 1020. The minimum atomic E-state index is -0.585. The number of piperazine rings is 1. The van der Waals surface area contributed by atoms with Gasteiger partial charge in [0.1, 0.15) is 5.69 Å². The van der Waals surface area contributed by atoms with Crippen LogP contribution >= 0.6 is 0 Å². The molecule has 33 heavy (non-hydrogen) atoms. The number of anilines is 3. The first-order valence-electron chi connectivity index (χ1n) is 11.2. The van der Waals surface area contributed by atoms with Gasteiger partial charge in [-0.05, 0) is 30.7 Å². The van der Waals surface area contributed by atoms with Gasteiger partial charge < -0.3 is 15.5 Å². The Morgan fingerprint density at radius 3 is 2.67 bits per heavy atom. The lowest BCUT2D eigenvalue weighted by Crippen LogP contribution is -2.46. The van der Waals surface area contributed by atoms with Crippen molar-refractivity contribution in [3.63, 3.8) is 0 Å². The van der Waals surface area contributed by atoms with Gasteiger partial charge in [0, 0.05) is 51.5 Å². The Morgan fingerprint density at radius 2 is 1.97 bits per heavy atom. The second-order valence-corrected chi connectivity index (χ2v) is 8.67. The van der Waals surface area contributed by atoms with E-state index in [9.17, 15) is 9.18 Å². The number of halogens is 1. The molecular weight excluding hydrogens is 421 g/mol. The summed E-state index contributed by atoms with van der Waals surface area (Å²) < 4.78 is 13.9. The molecular formula is C24H30FN7O. The third kappa shape index (κ3) is 5.73. The van der Waals surface area contributed by atoms with Crippen LogP contribution in [0.1, 0.15) is 29.8 Å². The van der Waals surface area contributed by atoms with Crippen LogP contribution in [-0.2, 0) is 0 Å². The summed E-state index contributed by atoms with van der Waals surface area (Å²) >= 11 is 0. The lowest BCUT2D eigenvalue weighted by atomic mass is 10.0. The quantitative estimate of drug-likeness (QED) is 0.423. The van der Waals surface area contributed by atoms with Crippen LogP contribution in [0, 0.1) is 11.4 Å². The van der Waals surface area contributed by atoms with Gasteiger partial charge in [0.05, 0.1) is 17.6 Å². The van der Waals surface area contributed by atoms with Crippen molar-refractivity contribution in [1.82, 2.24) is 19.9 Å². The first-order valence-corrected chi connectivity index (χ1v) is 11.2. The summed E-state index contributed by atoms with van der Waals surface area (Å²) in [5.74, 6) is -0.569. The number of nitrogens with one attached hydrogen (secondary N) is 2. The Morgan fingerprint density at radius 1 is 1.18 bits per heavy atom. The number of amides is 1. The van der Waals surface area contributed by atoms with Crippen molar-refractivity contribution in [2.24, 2.45) is 5.41 Å². The Hall–Kier alpha value is -3.33. The average Bonchev–Trinajstić information content (AvgIpc) is 3.60. The molecule has 1 saturated heterocycles. The summed E-state index contributed by atoms with van der Waals surface area (Å²) in [5.41, 5.74) is 1.52. The zero-order valence-corrected chi connectivity index (χ0v) is 18.8. The molecule has 4 rings (SSSR count). The molecule has 2 fully saturated rings. The van der Waals surface area contributed by atoms with Crippen LogP contribution in [0.15, 0.2) is 49.8 Å². The SMILES string of the molecule is C=CCN1CCN(c2cc(F)ncc2NC(=O)c2ccnc(NCC3(CC=C)CC3)n2)CC1. The van der Waals surface area contributed by atoms with Gasteiger partial charge in [-0.15, -0.1) is 13.2 Å². The summed E-state index contributed by atoms with van der Waals surface area (Å²) in [6, 6.07) is 2.92. The highest BCUT2D eigenvalue weighted by Crippen LogP contribution is 2.48. The van der Waals surface area contributed by atoms with E-state index < -0.39 is 11.9 Å². The van der Waals surface area contributed by atoms with Crippen molar-refractivity contribution in [2.75, 3.05) is 54.8 Å². The molecule has 1 aliphatic carbocycles. The van der Waals surface area contributed by atoms with Crippen LogP contribution in [-0.4, -0.2) is 65.0 Å². The lowest BCUT2D eigenvalue weighted by molar-refractivity contribution is 0.102. The summed E-state index contributed by atoms with van der Waals surface area (Å²) in [6.07, 6.45) is 9.96. The maximum Gasteiger partial charge on any atom is 0.274 e. The number of carbonyl (C=O) groups excluding carboxylic acids is 1. The summed E-state index contributed by atoms with van der Waals surface area (Å²) in [6.45, 7) is 12.3. The number of hydrogen-bond donors (Lipinski definition) is 2. The number of allylic oxidation sites excluding steroid dienone is 1. The zero-order valence-electron chi connectivity index (χ0n) is 18.8. The minimum Gasteiger partial charge on any atom is -0.367 e. The normalized spacial score (nSPS) is 17.3. The monoisotopic (exact) mass is 451 g/mol. The van der Waals surface area contributed by atoms with Crippen molar-refractivity contribution >= 4 is 23.2 Å². The molecule has 1 aliphatic heterocycles. The molecule has 0 radical (unpaired) electrons. The minimum absolute atomic E-state index is 0.229. The van der Waals surface area contributed by atoms with Gasteiger partial charge in [-0.1, -0.05) is 12.2 Å². The highest BCUT2D eigenvalue weighted by molar-refractivity contribution is 6.04. The van der Waals surface area contributed by atoms with Gasteiger partial charge in [-0.25, -0.2) is 15.0 Å². The molecule has 0 unspecified atom stereocenters. The molecule has 1 amide bonds. The standard InChI is InChI=1S/C24H30FN7O/c1-3-6-24(7-8-24)17-28-23-26-9-5-18(30-23)22(33)29-19-16-27-21(25)15-20(19)32-13-11-31(10-4-2)12-14-32/h3-5,9,15-16H,1-2,6-8,10-14,17H2,(H,29,33)(H,26,28,30). The largest absolute Gasteiger partial charge is 0.367 e. The average molecular weight is 452 g/mol.